The summed E-state index contributed by atoms with van der Waals surface area (Å²) in [6.07, 6.45) is 0. The molecule has 1 N–H and O–H groups in total. The first kappa shape index (κ1) is 6.15. The lowest BCUT2D eigenvalue weighted by atomic mass is 10.3. The molecule has 2 aromatic rings. The number of hydrogen-bond donors (Lipinski definition) is 1. The van der Waals surface area contributed by atoms with Crippen molar-refractivity contribution in [2.45, 2.75) is 0 Å². The van der Waals surface area contributed by atoms with E-state index in [1.165, 1.54) is 4.91 Å². The van der Waals surface area contributed by atoms with E-state index in [0.29, 0.717) is 0 Å². The Morgan fingerprint density at radius 3 is 2.18 bits per heavy atom. The van der Waals surface area contributed by atoms with E-state index in [1.54, 1.807) is 7.05 Å². The first-order valence-corrected chi connectivity index (χ1v) is 3.40. The molecule has 56 valence electrons. The van der Waals surface area contributed by atoms with Gasteiger partial charge in [-0.1, -0.05) is 17.0 Å². The molecule has 0 atom stereocenters. The molecule has 1 aromatic carbocycles. The number of nitrogens with one attached hydrogen (secondary N) is 1. The second-order valence-corrected chi connectivity index (χ2v) is 2.20. The zero-order valence-corrected chi connectivity index (χ0v) is 6.15. The molecule has 4 heteroatoms. The molecule has 1 heterocycles. The molecular weight excluding hydrogens is 140 g/mol. The van der Waals surface area contributed by atoms with E-state index in [-0.39, 0.29) is 0 Å². The van der Waals surface area contributed by atoms with Crippen molar-refractivity contribution in [3.63, 3.8) is 0 Å². The highest BCUT2D eigenvalue weighted by molar-refractivity contribution is 5.72. The molecule has 0 aliphatic rings. The van der Waals surface area contributed by atoms with Gasteiger partial charge in [0.15, 0.2) is 0 Å². The fourth-order valence-corrected chi connectivity index (χ4v) is 0.960. The molecule has 0 fully saturated rings. The van der Waals surface area contributed by atoms with Crippen LogP contribution < -0.4 is 5.43 Å². The Bertz CT molecular complexity index is 332. The zero-order valence-electron chi connectivity index (χ0n) is 6.15. The van der Waals surface area contributed by atoms with Crippen LogP contribution in [0.2, 0.25) is 0 Å². The summed E-state index contributed by atoms with van der Waals surface area (Å²) >= 11 is 0. The quantitative estimate of drug-likeness (QED) is 0.644. The lowest BCUT2D eigenvalue weighted by Crippen LogP contribution is -2.11. The van der Waals surface area contributed by atoms with E-state index in [1.807, 2.05) is 24.3 Å². The summed E-state index contributed by atoms with van der Waals surface area (Å²) in [6, 6.07) is 7.74. The summed E-state index contributed by atoms with van der Waals surface area (Å²) in [5, 5.41) is 8.25. The van der Waals surface area contributed by atoms with E-state index in [4.69, 9.17) is 0 Å². The van der Waals surface area contributed by atoms with E-state index in [9.17, 15) is 0 Å². The number of aromatic nitrogens is 3. The molecule has 0 saturated heterocycles. The molecule has 0 saturated carbocycles. The number of fused-ring (bicyclic) bond motifs is 1. The highest BCUT2D eigenvalue weighted by Gasteiger charge is 1.96. The van der Waals surface area contributed by atoms with Gasteiger partial charge in [-0.15, -0.1) is 10.2 Å². The summed E-state index contributed by atoms with van der Waals surface area (Å²) in [6.45, 7) is 0. The third kappa shape index (κ3) is 0.920. The lowest BCUT2D eigenvalue weighted by Gasteiger charge is -1.90. The first-order chi connectivity index (χ1) is 5.40. The van der Waals surface area contributed by atoms with Gasteiger partial charge in [0.05, 0.1) is 0 Å². The minimum atomic E-state index is 0.904. The van der Waals surface area contributed by atoms with Crippen molar-refractivity contribution >= 4 is 11.0 Å². The molecular formula is C7H8N4. The molecule has 0 unspecified atom stereocenters. The van der Waals surface area contributed by atoms with E-state index in [0.717, 1.165) is 11.0 Å². The van der Waals surface area contributed by atoms with Gasteiger partial charge in [0.2, 0.25) is 0 Å². The summed E-state index contributed by atoms with van der Waals surface area (Å²) in [5.41, 5.74) is 4.62. The van der Waals surface area contributed by atoms with E-state index >= 15 is 0 Å². The Morgan fingerprint density at radius 1 is 1.18 bits per heavy atom. The smallest absolute Gasteiger partial charge is 0.115 e. The second-order valence-electron chi connectivity index (χ2n) is 2.20. The van der Waals surface area contributed by atoms with Crippen LogP contribution in [-0.2, 0) is 0 Å². The van der Waals surface area contributed by atoms with Crippen LogP contribution >= 0.6 is 0 Å². The van der Waals surface area contributed by atoms with Gasteiger partial charge >= 0.3 is 0 Å². The minimum Gasteiger partial charge on any atom is -0.296 e. The molecule has 0 amide bonds. The summed E-state index contributed by atoms with van der Waals surface area (Å²) in [5.74, 6) is 0. The van der Waals surface area contributed by atoms with Crippen molar-refractivity contribution in [2.24, 2.45) is 0 Å². The Labute approximate surface area is 63.8 Å². The normalized spacial score (nSPS) is 10.3. The highest BCUT2D eigenvalue weighted by Crippen LogP contribution is 2.05. The zero-order chi connectivity index (χ0) is 7.68. The fourth-order valence-electron chi connectivity index (χ4n) is 0.960. The fraction of sp³-hybridized carbons (Fsp3) is 0.143. The van der Waals surface area contributed by atoms with Crippen LogP contribution in [0.3, 0.4) is 0 Å². The average molecular weight is 148 g/mol. The van der Waals surface area contributed by atoms with Gasteiger partial charge in [-0.2, -0.15) is 0 Å². The van der Waals surface area contributed by atoms with Crippen LogP contribution in [0.4, 0.5) is 0 Å². The molecule has 4 nitrogen and oxygen atoms in total. The highest BCUT2D eigenvalue weighted by atomic mass is 15.7. The molecule has 11 heavy (non-hydrogen) atoms. The van der Waals surface area contributed by atoms with Crippen molar-refractivity contribution in [3.05, 3.63) is 24.3 Å². The van der Waals surface area contributed by atoms with Crippen LogP contribution in [0.1, 0.15) is 0 Å². The Morgan fingerprint density at radius 2 is 1.73 bits per heavy atom. The minimum absolute atomic E-state index is 0.904. The predicted octanol–water partition coefficient (Wildman–Crippen LogP) is 0.605. The molecule has 0 aliphatic heterocycles. The molecule has 2 rings (SSSR count). The number of rotatable bonds is 1. The number of nitrogens with zero attached hydrogens (tertiary/aromatic N) is 3. The van der Waals surface area contributed by atoms with Gasteiger partial charge in [-0.3, -0.25) is 5.43 Å². The largest absolute Gasteiger partial charge is 0.296 e. The van der Waals surface area contributed by atoms with Gasteiger partial charge in [-0.25, -0.2) is 0 Å². The second kappa shape index (κ2) is 2.23. The SMILES string of the molecule is CNn1nc2ccccc2n1. The standard InChI is InChI=1S/C7H8N4/c1-8-11-9-6-4-2-3-5-7(6)10-11/h2-5,8H,1H3. The van der Waals surface area contributed by atoms with Crippen LogP contribution in [0.5, 0.6) is 0 Å². The first-order valence-electron chi connectivity index (χ1n) is 3.40. The average Bonchev–Trinajstić information content (AvgIpc) is 2.46. The molecule has 0 spiro atoms. The maximum atomic E-state index is 4.13. The topological polar surface area (TPSA) is 42.7 Å². The third-order valence-corrected chi connectivity index (χ3v) is 1.49. The molecule has 0 radical (unpaired) electrons. The number of hydrogen-bond acceptors (Lipinski definition) is 3. The van der Waals surface area contributed by atoms with Crippen LogP contribution in [0.25, 0.3) is 11.0 Å². The van der Waals surface area contributed by atoms with Crippen molar-refractivity contribution in [1.29, 1.82) is 0 Å². The predicted molar refractivity (Wildman–Crippen MR) is 42.8 cm³/mol. The van der Waals surface area contributed by atoms with Crippen molar-refractivity contribution in [2.75, 3.05) is 12.5 Å². The Hall–Kier alpha value is -1.58. The summed E-state index contributed by atoms with van der Waals surface area (Å²) in [4.78, 5) is 1.45. The van der Waals surface area contributed by atoms with Gasteiger partial charge < -0.3 is 0 Å². The Kier molecular flexibility index (Phi) is 1.25. The van der Waals surface area contributed by atoms with E-state index < -0.39 is 0 Å². The maximum Gasteiger partial charge on any atom is 0.115 e. The third-order valence-electron chi connectivity index (χ3n) is 1.49. The Balaban J connectivity index is 2.69. The van der Waals surface area contributed by atoms with Gasteiger partial charge in [0.1, 0.15) is 11.0 Å². The van der Waals surface area contributed by atoms with E-state index in [2.05, 4.69) is 15.6 Å². The van der Waals surface area contributed by atoms with Gasteiger partial charge in [0, 0.05) is 7.05 Å². The van der Waals surface area contributed by atoms with Crippen molar-refractivity contribution in [1.82, 2.24) is 15.1 Å². The van der Waals surface area contributed by atoms with Crippen LogP contribution in [0.15, 0.2) is 24.3 Å². The van der Waals surface area contributed by atoms with Crippen LogP contribution in [0, 0.1) is 0 Å². The maximum absolute atomic E-state index is 4.13. The summed E-state index contributed by atoms with van der Waals surface area (Å²) in [7, 11) is 1.78. The molecule has 0 aliphatic carbocycles. The number of benzene rings is 1. The van der Waals surface area contributed by atoms with Gasteiger partial charge in [-0.05, 0) is 12.1 Å². The van der Waals surface area contributed by atoms with Gasteiger partial charge in [0.25, 0.3) is 0 Å². The molecule has 0 bridgehead atoms. The van der Waals surface area contributed by atoms with Crippen LogP contribution in [-0.4, -0.2) is 22.2 Å². The summed E-state index contributed by atoms with van der Waals surface area (Å²) < 4.78 is 0. The van der Waals surface area contributed by atoms with Crippen molar-refractivity contribution < 1.29 is 0 Å². The molecule has 1 aromatic heterocycles. The monoisotopic (exact) mass is 148 g/mol. The lowest BCUT2D eigenvalue weighted by molar-refractivity contribution is 0.681. The van der Waals surface area contributed by atoms with Crippen molar-refractivity contribution in [3.8, 4) is 0 Å².